The van der Waals surface area contributed by atoms with Crippen LogP contribution in [0.2, 0.25) is 0 Å². The lowest BCUT2D eigenvalue weighted by molar-refractivity contribution is 0.184. The fraction of sp³-hybridized carbons (Fsp3) is 0.714. The van der Waals surface area contributed by atoms with Gasteiger partial charge in [-0.15, -0.1) is 11.3 Å². The highest BCUT2D eigenvalue weighted by Gasteiger charge is 2.36. The maximum Gasteiger partial charge on any atom is 0.0423 e. The maximum atomic E-state index is 6.66. The van der Waals surface area contributed by atoms with Crippen LogP contribution in [0.4, 0.5) is 0 Å². The van der Waals surface area contributed by atoms with Crippen LogP contribution in [-0.2, 0) is 5.54 Å². The predicted molar refractivity (Wildman–Crippen MR) is 71.7 cm³/mol. The smallest absolute Gasteiger partial charge is 0.0423 e. The van der Waals surface area contributed by atoms with Crippen LogP contribution >= 0.6 is 11.3 Å². The van der Waals surface area contributed by atoms with Crippen LogP contribution in [0.3, 0.4) is 0 Å². The van der Waals surface area contributed by atoms with Crippen molar-refractivity contribution < 1.29 is 0 Å². The summed E-state index contributed by atoms with van der Waals surface area (Å²) >= 11 is 1.83. The molecule has 2 N–H and O–H groups in total. The van der Waals surface area contributed by atoms with E-state index in [9.17, 15) is 0 Å². The highest BCUT2D eigenvalue weighted by Crippen LogP contribution is 2.42. The first-order valence-electron chi connectivity index (χ1n) is 6.36. The number of rotatable bonds is 2. The lowest BCUT2D eigenvalue weighted by Crippen LogP contribution is -2.42. The summed E-state index contributed by atoms with van der Waals surface area (Å²) in [5.74, 6) is 1.57. The number of nitrogens with two attached hydrogens (primary N) is 1. The number of hydrogen-bond acceptors (Lipinski definition) is 2. The molecule has 0 saturated heterocycles. The third-order valence-corrected chi connectivity index (χ3v) is 5.01. The van der Waals surface area contributed by atoms with Gasteiger partial charge in [0.1, 0.15) is 0 Å². The molecule has 90 valence electrons. The molecule has 2 atom stereocenters. The zero-order valence-electron chi connectivity index (χ0n) is 10.6. The van der Waals surface area contributed by atoms with Crippen molar-refractivity contribution in [3.63, 3.8) is 0 Å². The summed E-state index contributed by atoms with van der Waals surface area (Å²) in [6.45, 7) is 6.86. The first kappa shape index (κ1) is 12.1. The van der Waals surface area contributed by atoms with Gasteiger partial charge in [-0.05, 0) is 48.6 Å². The molecule has 0 aromatic carbocycles. The highest BCUT2D eigenvalue weighted by atomic mass is 32.1. The Morgan fingerprint density at radius 2 is 2.25 bits per heavy atom. The molecule has 1 heterocycles. The van der Waals surface area contributed by atoms with Gasteiger partial charge in [-0.1, -0.05) is 26.7 Å². The second kappa shape index (κ2) is 4.50. The minimum Gasteiger partial charge on any atom is -0.321 e. The Labute approximate surface area is 103 Å². The lowest BCUT2D eigenvalue weighted by Gasteiger charge is -2.40. The van der Waals surface area contributed by atoms with E-state index in [1.165, 1.54) is 29.7 Å². The third-order valence-electron chi connectivity index (χ3n) is 4.16. The molecule has 0 radical (unpaired) electrons. The van der Waals surface area contributed by atoms with Crippen LogP contribution in [0.25, 0.3) is 0 Å². The molecule has 2 rings (SSSR count). The van der Waals surface area contributed by atoms with Crippen molar-refractivity contribution in [2.45, 2.75) is 52.0 Å². The summed E-state index contributed by atoms with van der Waals surface area (Å²) in [4.78, 5) is 1.41. The number of thiophene rings is 1. The van der Waals surface area contributed by atoms with E-state index in [1.54, 1.807) is 0 Å². The molecular weight excluding hydrogens is 214 g/mol. The summed E-state index contributed by atoms with van der Waals surface area (Å²) in [5.41, 5.74) is 8.02. The van der Waals surface area contributed by atoms with Crippen LogP contribution in [0.1, 0.15) is 50.0 Å². The van der Waals surface area contributed by atoms with E-state index in [4.69, 9.17) is 5.73 Å². The van der Waals surface area contributed by atoms with Crippen LogP contribution in [0, 0.1) is 18.8 Å². The van der Waals surface area contributed by atoms with Crippen molar-refractivity contribution in [2.24, 2.45) is 17.6 Å². The van der Waals surface area contributed by atoms with Crippen LogP contribution in [0.15, 0.2) is 11.4 Å². The van der Waals surface area contributed by atoms with Gasteiger partial charge in [0.25, 0.3) is 0 Å². The van der Waals surface area contributed by atoms with Gasteiger partial charge in [0.15, 0.2) is 0 Å². The van der Waals surface area contributed by atoms with Crippen molar-refractivity contribution >= 4 is 11.3 Å². The second-order valence-corrected chi connectivity index (χ2v) is 6.77. The van der Waals surface area contributed by atoms with Crippen LogP contribution in [-0.4, -0.2) is 0 Å². The Bertz CT molecular complexity index is 355. The number of hydrogen-bond donors (Lipinski definition) is 1. The summed E-state index contributed by atoms with van der Waals surface area (Å²) in [6.07, 6.45) is 4.98. The van der Waals surface area contributed by atoms with E-state index < -0.39 is 0 Å². The molecule has 0 aliphatic heterocycles. The highest BCUT2D eigenvalue weighted by molar-refractivity contribution is 7.10. The molecule has 1 nitrogen and oxygen atoms in total. The molecule has 1 saturated carbocycles. The summed E-state index contributed by atoms with van der Waals surface area (Å²) < 4.78 is 0. The minimum absolute atomic E-state index is 0.0444. The predicted octanol–water partition coefficient (Wildman–Crippen LogP) is 4.06. The van der Waals surface area contributed by atoms with Gasteiger partial charge in [-0.25, -0.2) is 0 Å². The van der Waals surface area contributed by atoms with E-state index in [0.717, 1.165) is 18.3 Å². The summed E-state index contributed by atoms with van der Waals surface area (Å²) in [6, 6.07) is 2.24. The molecule has 1 aromatic rings. The van der Waals surface area contributed by atoms with Crippen LogP contribution in [0.5, 0.6) is 0 Å². The monoisotopic (exact) mass is 237 g/mol. The normalized spacial score (nSPS) is 30.9. The Kier molecular flexibility index (Phi) is 3.41. The average Bonchev–Trinajstić information content (AvgIpc) is 2.65. The molecule has 16 heavy (non-hydrogen) atoms. The third kappa shape index (κ3) is 2.18. The minimum atomic E-state index is -0.0444. The topological polar surface area (TPSA) is 26.0 Å². The van der Waals surface area contributed by atoms with Gasteiger partial charge >= 0.3 is 0 Å². The zero-order chi connectivity index (χ0) is 11.8. The molecule has 1 fully saturated rings. The van der Waals surface area contributed by atoms with Gasteiger partial charge in [0.05, 0.1) is 0 Å². The summed E-state index contributed by atoms with van der Waals surface area (Å²) in [7, 11) is 0. The Morgan fingerprint density at radius 1 is 1.50 bits per heavy atom. The lowest BCUT2D eigenvalue weighted by atomic mass is 9.69. The molecular formula is C14H23NS. The fourth-order valence-corrected chi connectivity index (χ4v) is 3.87. The van der Waals surface area contributed by atoms with Gasteiger partial charge in [-0.3, -0.25) is 0 Å². The SMILES string of the molecule is Cc1sccc1C1(N)CCCC(C(C)C)C1. The maximum absolute atomic E-state index is 6.66. The molecule has 1 aliphatic rings. The van der Waals surface area contributed by atoms with Crippen molar-refractivity contribution in [1.29, 1.82) is 0 Å². The average molecular weight is 237 g/mol. The van der Waals surface area contributed by atoms with Crippen molar-refractivity contribution in [3.05, 3.63) is 21.9 Å². The van der Waals surface area contributed by atoms with Gasteiger partial charge < -0.3 is 5.73 Å². The fourth-order valence-electron chi connectivity index (χ4n) is 3.07. The molecule has 2 heteroatoms. The standard InChI is InChI=1S/C14H23NS/c1-10(2)12-5-4-7-14(15,9-12)13-6-8-16-11(13)3/h6,8,10,12H,4-5,7,9,15H2,1-3H3. The Balaban J connectivity index is 2.22. The van der Waals surface area contributed by atoms with Crippen molar-refractivity contribution in [2.75, 3.05) is 0 Å². The molecule has 2 unspecified atom stereocenters. The van der Waals surface area contributed by atoms with E-state index >= 15 is 0 Å². The molecule has 0 spiro atoms. The van der Waals surface area contributed by atoms with E-state index in [1.807, 2.05) is 11.3 Å². The van der Waals surface area contributed by atoms with Crippen molar-refractivity contribution in [1.82, 2.24) is 0 Å². The Hall–Kier alpha value is -0.340. The van der Waals surface area contributed by atoms with Crippen molar-refractivity contribution in [3.8, 4) is 0 Å². The quantitative estimate of drug-likeness (QED) is 0.825. The van der Waals surface area contributed by atoms with Gasteiger partial charge in [0.2, 0.25) is 0 Å². The molecule has 0 amide bonds. The van der Waals surface area contributed by atoms with E-state index in [-0.39, 0.29) is 5.54 Å². The largest absolute Gasteiger partial charge is 0.321 e. The molecule has 1 aromatic heterocycles. The zero-order valence-corrected chi connectivity index (χ0v) is 11.4. The first-order valence-corrected chi connectivity index (χ1v) is 7.24. The number of aryl methyl sites for hydroxylation is 1. The summed E-state index contributed by atoms with van der Waals surface area (Å²) in [5, 5.41) is 2.18. The van der Waals surface area contributed by atoms with Gasteiger partial charge in [0, 0.05) is 10.4 Å². The van der Waals surface area contributed by atoms with E-state index in [2.05, 4.69) is 32.2 Å². The Morgan fingerprint density at radius 3 is 2.81 bits per heavy atom. The first-order chi connectivity index (χ1) is 7.53. The molecule has 0 bridgehead atoms. The molecule has 1 aliphatic carbocycles. The second-order valence-electron chi connectivity index (χ2n) is 5.65. The van der Waals surface area contributed by atoms with E-state index in [0.29, 0.717) is 0 Å². The van der Waals surface area contributed by atoms with Crippen LogP contribution < -0.4 is 5.73 Å². The van der Waals surface area contributed by atoms with Gasteiger partial charge in [-0.2, -0.15) is 0 Å².